The molecular formula is C25H28ClN3O4. The van der Waals surface area contributed by atoms with E-state index < -0.39 is 0 Å². The van der Waals surface area contributed by atoms with Gasteiger partial charge in [0.2, 0.25) is 11.7 Å². The predicted molar refractivity (Wildman–Crippen MR) is 129 cm³/mol. The Balaban J connectivity index is 1.69. The Morgan fingerprint density at radius 3 is 2.36 bits per heavy atom. The summed E-state index contributed by atoms with van der Waals surface area (Å²) in [6, 6.07) is 11.3. The molecule has 0 aliphatic carbocycles. The minimum Gasteiger partial charge on any atom is -0.493 e. The lowest BCUT2D eigenvalue weighted by molar-refractivity contribution is -0.116. The van der Waals surface area contributed by atoms with Gasteiger partial charge in [0.15, 0.2) is 11.5 Å². The number of carbonyl (C=O) groups is 1. The molecule has 1 heterocycles. The van der Waals surface area contributed by atoms with Gasteiger partial charge in [0.25, 0.3) is 0 Å². The summed E-state index contributed by atoms with van der Waals surface area (Å²) in [5.74, 6) is 1.36. The molecule has 2 aromatic carbocycles. The standard InChI is InChI=1S/C25H28ClN3O4/c1-16-20(17(2)29(28-16)15-19-8-6-7-9-21(19)26)10-11-24(30)27-14-18-12-22(31-3)25(33-5)23(13-18)32-4/h6-13H,14-15H2,1-5H3,(H,27,30)/b11-10+. The average Bonchev–Trinajstić information content (AvgIpc) is 3.08. The molecule has 1 amide bonds. The predicted octanol–water partition coefficient (Wildman–Crippen LogP) is 4.56. The first-order chi connectivity index (χ1) is 15.9. The summed E-state index contributed by atoms with van der Waals surface area (Å²) in [7, 11) is 4.66. The smallest absolute Gasteiger partial charge is 0.244 e. The van der Waals surface area contributed by atoms with Crippen molar-refractivity contribution in [2.45, 2.75) is 26.9 Å². The molecule has 0 bridgehead atoms. The van der Waals surface area contributed by atoms with Crippen LogP contribution >= 0.6 is 11.6 Å². The van der Waals surface area contributed by atoms with Crippen molar-refractivity contribution in [1.82, 2.24) is 15.1 Å². The number of carbonyl (C=O) groups excluding carboxylic acids is 1. The minimum absolute atomic E-state index is 0.221. The number of amides is 1. The molecule has 33 heavy (non-hydrogen) atoms. The molecule has 8 heteroatoms. The van der Waals surface area contributed by atoms with Crippen molar-refractivity contribution in [3.05, 3.63) is 75.6 Å². The number of benzene rings is 2. The van der Waals surface area contributed by atoms with E-state index in [1.54, 1.807) is 39.5 Å². The van der Waals surface area contributed by atoms with Gasteiger partial charge in [0.1, 0.15) is 0 Å². The SMILES string of the molecule is COc1cc(CNC(=O)/C=C/c2c(C)nn(Cc3ccccc3Cl)c2C)cc(OC)c1OC. The molecule has 0 atom stereocenters. The van der Waals surface area contributed by atoms with Crippen molar-refractivity contribution < 1.29 is 19.0 Å². The maximum absolute atomic E-state index is 12.5. The number of methoxy groups -OCH3 is 3. The van der Waals surface area contributed by atoms with Crippen molar-refractivity contribution >= 4 is 23.6 Å². The molecule has 0 fully saturated rings. The number of aromatic nitrogens is 2. The van der Waals surface area contributed by atoms with E-state index in [1.165, 1.54) is 6.08 Å². The Labute approximate surface area is 198 Å². The Kier molecular flexibility index (Phi) is 8.01. The van der Waals surface area contributed by atoms with Gasteiger partial charge in [0.05, 0.1) is 33.6 Å². The molecule has 3 aromatic rings. The number of hydrogen-bond acceptors (Lipinski definition) is 5. The number of rotatable bonds is 9. The van der Waals surface area contributed by atoms with Crippen molar-refractivity contribution in [2.24, 2.45) is 0 Å². The van der Waals surface area contributed by atoms with Crippen molar-refractivity contribution in [1.29, 1.82) is 0 Å². The normalized spacial score (nSPS) is 11.0. The van der Waals surface area contributed by atoms with Crippen LogP contribution in [0.5, 0.6) is 17.2 Å². The summed E-state index contributed by atoms with van der Waals surface area (Å²) in [6.45, 7) is 4.77. The van der Waals surface area contributed by atoms with E-state index in [0.717, 1.165) is 28.1 Å². The van der Waals surface area contributed by atoms with Crippen LogP contribution in [0.3, 0.4) is 0 Å². The molecule has 0 saturated heterocycles. The zero-order valence-electron chi connectivity index (χ0n) is 19.4. The van der Waals surface area contributed by atoms with Gasteiger partial charge in [-0.1, -0.05) is 29.8 Å². The van der Waals surface area contributed by atoms with E-state index >= 15 is 0 Å². The molecule has 0 radical (unpaired) electrons. The number of nitrogens with zero attached hydrogens (tertiary/aromatic N) is 2. The number of halogens is 1. The summed E-state index contributed by atoms with van der Waals surface area (Å²) in [6.07, 6.45) is 3.29. The Morgan fingerprint density at radius 2 is 1.76 bits per heavy atom. The van der Waals surface area contributed by atoms with Crippen LogP contribution in [0.15, 0.2) is 42.5 Å². The number of aryl methyl sites for hydroxylation is 1. The second kappa shape index (κ2) is 10.9. The quantitative estimate of drug-likeness (QED) is 0.465. The maximum Gasteiger partial charge on any atom is 0.244 e. The minimum atomic E-state index is -0.221. The van der Waals surface area contributed by atoms with E-state index in [4.69, 9.17) is 25.8 Å². The summed E-state index contributed by atoms with van der Waals surface area (Å²) in [5, 5.41) is 8.19. The fourth-order valence-electron chi connectivity index (χ4n) is 3.54. The van der Waals surface area contributed by atoms with Gasteiger partial charge in [-0.05, 0) is 49.2 Å². The van der Waals surface area contributed by atoms with Gasteiger partial charge < -0.3 is 19.5 Å². The zero-order chi connectivity index (χ0) is 24.0. The van der Waals surface area contributed by atoms with Gasteiger partial charge in [-0.15, -0.1) is 0 Å². The van der Waals surface area contributed by atoms with Gasteiger partial charge in [-0.3, -0.25) is 9.48 Å². The topological polar surface area (TPSA) is 74.6 Å². The molecule has 0 aliphatic heterocycles. The molecule has 7 nitrogen and oxygen atoms in total. The lowest BCUT2D eigenvalue weighted by Gasteiger charge is -2.14. The molecule has 3 rings (SSSR count). The molecule has 0 spiro atoms. The lowest BCUT2D eigenvalue weighted by Crippen LogP contribution is -2.20. The van der Waals surface area contributed by atoms with E-state index in [-0.39, 0.29) is 5.91 Å². The second-order valence-corrected chi connectivity index (χ2v) is 7.83. The average molecular weight is 470 g/mol. The third-order valence-electron chi connectivity index (χ3n) is 5.31. The zero-order valence-corrected chi connectivity index (χ0v) is 20.2. The van der Waals surface area contributed by atoms with E-state index in [9.17, 15) is 4.79 Å². The highest BCUT2D eigenvalue weighted by Gasteiger charge is 2.14. The van der Waals surface area contributed by atoms with Crippen LogP contribution < -0.4 is 19.5 Å². The molecule has 0 unspecified atom stereocenters. The lowest BCUT2D eigenvalue weighted by atomic mass is 10.1. The molecule has 1 aromatic heterocycles. The van der Waals surface area contributed by atoms with Crippen molar-refractivity contribution in [2.75, 3.05) is 21.3 Å². The molecular weight excluding hydrogens is 442 g/mol. The third kappa shape index (κ3) is 5.68. The van der Waals surface area contributed by atoms with Crippen LogP contribution in [-0.4, -0.2) is 37.0 Å². The van der Waals surface area contributed by atoms with Crippen LogP contribution in [0, 0.1) is 13.8 Å². The van der Waals surface area contributed by atoms with Gasteiger partial charge in [0, 0.05) is 28.9 Å². The van der Waals surface area contributed by atoms with Crippen LogP contribution in [0.4, 0.5) is 0 Å². The number of hydrogen-bond donors (Lipinski definition) is 1. The van der Waals surface area contributed by atoms with Gasteiger partial charge in [-0.25, -0.2) is 0 Å². The molecule has 174 valence electrons. The van der Waals surface area contributed by atoms with Crippen LogP contribution in [0.1, 0.15) is 28.1 Å². The van der Waals surface area contributed by atoms with Crippen molar-refractivity contribution in [3.63, 3.8) is 0 Å². The van der Waals surface area contributed by atoms with Crippen LogP contribution in [0.25, 0.3) is 6.08 Å². The first-order valence-corrected chi connectivity index (χ1v) is 10.8. The first kappa shape index (κ1) is 24.2. The number of ether oxygens (including phenoxy) is 3. The van der Waals surface area contributed by atoms with E-state index in [0.29, 0.717) is 35.4 Å². The van der Waals surface area contributed by atoms with Crippen LogP contribution in [0.2, 0.25) is 5.02 Å². The first-order valence-electron chi connectivity index (χ1n) is 10.4. The molecule has 0 saturated carbocycles. The largest absolute Gasteiger partial charge is 0.493 e. The second-order valence-electron chi connectivity index (χ2n) is 7.42. The summed E-state index contributed by atoms with van der Waals surface area (Å²) >= 11 is 6.29. The highest BCUT2D eigenvalue weighted by molar-refractivity contribution is 6.31. The Hall–Kier alpha value is -3.45. The Morgan fingerprint density at radius 1 is 1.09 bits per heavy atom. The van der Waals surface area contributed by atoms with E-state index in [2.05, 4.69) is 10.4 Å². The fraction of sp³-hybridized carbons (Fsp3) is 0.280. The summed E-state index contributed by atoms with van der Waals surface area (Å²) < 4.78 is 17.9. The molecule has 0 aliphatic rings. The number of nitrogens with one attached hydrogen (secondary N) is 1. The highest BCUT2D eigenvalue weighted by Crippen LogP contribution is 2.38. The third-order valence-corrected chi connectivity index (χ3v) is 5.68. The van der Waals surface area contributed by atoms with E-state index in [1.807, 2.05) is 42.8 Å². The monoisotopic (exact) mass is 469 g/mol. The van der Waals surface area contributed by atoms with Crippen LogP contribution in [-0.2, 0) is 17.9 Å². The Bertz CT molecular complexity index is 1150. The molecule has 1 N–H and O–H groups in total. The fourth-order valence-corrected chi connectivity index (χ4v) is 3.73. The van der Waals surface area contributed by atoms with Gasteiger partial charge in [-0.2, -0.15) is 5.10 Å². The van der Waals surface area contributed by atoms with Crippen molar-refractivity contribution in [3.8, 4) is 17.2 Å². The highest BCUT2D eigenvalue weighted by atomic mass is 35.5. The summed E-state index contributed by atoms with van der Waals surface area (Å²) in [4.78, 5) is 12.5. The summed E-state index contributed by atoms with van der Waals surface area (Å²) in [5.41, 5.74) is 4.52. The maximum atomic E-state index is 12.5. The van der Waals surface area contributed by atoms with Gasteiger partial charge >= 0.3 is 0 Å².